The van der Waals surface area contributed by atoms with E-state index in [1.165, 1.54) is 24.5 Å². The van der Waals surface area contributed by atoms with Crippen LogP contribution in [0.2, 0.25) is 0 Å². The maximum atomic E-state index is 12.1. The lowest BCUT2D eigenvalue weighted by molar-refractivity contribution is 0.0662. The molecule has 110 valence electrons. The summed E-state index contributed by atoms with van der Waals surface area (Å²) in [6.45, 7) is 6.65. The second kappa shape index (κ2) is 7.81. The molecule has 0 bridgehead atoms. The van der Waals surface area contributed by atoms with Crippen LogP contribution in [-0.2, 0) is 24.7 Å². The molecule has 0 amide bonds. The van der Waals surface area contributed by atoms with Gasteiger partial charge in [-0.05, 0) is 6.07 Å². The van der Waals surface area contributed by atoms with E-state index in [4.69, 9.17) is 23.1 Å². The van der Waals surface area contributed by atoms with E-state index in [2.05, 4.69) is 13.2 Å². The van der Waals surface area contributed by atoms with Gasteiger partial charge in [0.2, 0.25) is 5.76 Å². The summed E-state index contributed by atoms with van der Waals surface area (Å²) in [7, 11) is -3.76. The summed E-state index contributed by atoms with van der Waals surface area (Å²) in [6, 6.07) is 1.26. The van der Waals surface area contributed by atoms with Crippen molar-refractivity contribution < 1.29 is 32.5 Å². The number of hydrogen-bond acceptors (Lipinski definition) is 6. The molecule has 0 aliphatic carbocycles. The lowest BCUT2D eigenvalue weighted by Crippen LogP contribution is -2.01. The first kappa shape index (κ1) is 16.4. The molecule has 1 aromatic heterocycles. The average Bonchev–Trinajstić information content (AvgIpc) is 2.90. The van der Waals surface area contributed by atoms with Gasteiger partial charge >= 0.3 is 13.8 Å². The van der Waals surface area contributed by atoms with Gasteiger partial charge in [0, 0.05) is 5.56 Å². The third-order valence-electron chi connectivity index (χ3n) is 1.95. The van der Waals surface area contributed by atoms with E-state index in [9.17, 15) is 9.36 Å². The van der Waals surface area contributed by atoms with Crippen molar-refractivity contribution in [3.05, 3.63) is 49.0 Å². The fourth-order valence-electron chi connectivity index (χ4n) is 1.12. The summed E-state index contributed by atoms with van der Waals surface area (Å²) < 4.78 is 31.9. The lowest BCUT2D eigenvalue weighted by Gasteiger charge is -2.15. The van der Waals surface area contributed by atoms with Crippen molar-refractivity contribution in [2.24, 2.45) is 0 Å². The topological polar surface area (TPSA) is 95.2 Å². The van der Waals surface area contributed by atoms with Crippen molar-refractivity contribution in [3.63, 3.8) is 0 Å². The predicted molar refractivity (Wildman–Crippen MR) is 70.4 cm³/mol. The summed E-state index contributed by atoms with van der Waals surface area (Å²) in [5.41, 5.74) is 0.395. The second-order valence-electron chi connectivity index (χ2n) is 3.51. The molecule has 8 heteroatoms. The zero-order valence-corrected chi connectivity index (χ0v) is 11.6. The Morgan fingerprint density at radius 2 is 1.90 bits per heavy atom. The van der Waals surface area contributed by atoms with Gasteiger partial charge in [-0.3, -0.25) is 13.6 Å². The minimum absolute atomic E-state index is 0.0137. The zero-order valence-electron chi connectivity index (χ0n) is 10.7. The first-order valence-corrected chi connectivity index (χ1v) is 7.03. The van der Waals surface area contributed by atoms with Crippen LogP contribution in [0.3, 0.4) is 0 Å². The molecule has 0 fully saturated rings. The highest BCUT2D eigenvalue weighted by Crippen LogP contribution is 2.50. The summed E-state index contributed by atoms with van der Waals surface area (Å²) in [5, 5.41) is 8.70. The number of phosphoric ester groups is 1. The van der Waals surface area contributed by atoms with Gasteiger partial charge in [-0.15, -0.1) is 13.2 Å². The first-order chi connectivity index (χ1) is 9.50. The highest BCUT2D eigenvalue weighted by Gasteiger charge is 2.26. The summed E-state index contributed by atoms with van der Waals surface area (Å²) in [4.78, 5) is 10.6. The van der Waals surface area contributed by atoms with Crippen LogP contribution < -0.4 is 0 Å². The number of hydrogen-bond donors (Lipinski definition) is 1. The molecule has 0 aromatic carbocycles. The molecule has 0 saturated heterocycles. The average molecular weight is 302 g/mol. The molecule has 1 heterocycles. The minimum Gasteiger partial charge on any atom is -0.475 e. The number of carboxylic acids is 1. The van der Waals surface area contributed by atoms with Crippen molar-refractivity contribution in [1.82, 2.24) is 0 Å². The van der Waals surface area contributed by atoms with Gasteiger partial charge in [-0.1, -0.05) is 12.2 Å². The van der Waals surface area contributed by atoms with Gasteiger partial charge in [0.1, 0.15) is 0 Å². The number of rotatable bonds is 10. The molecule has 20 heavy (non-hydrogen) atoms. The zero-order chi connectivity index (χ0) is 15.0. The molecule has 0 aliphatic rings. The Kier molecular flexibility index (Phi) is 6.41. The fraction of sp³-hybridized carbons (Fsp3) is 0.250. The minimum atomic E-state index is -3.76. The van der Waals surface area contributed by atoms with E-state index in [0.717, 1.165) is 0 Å². The molecule has 0 atom stereocenters. The number of carboxylic acid groups (broad SMARTS) is 1. The van der Waals surface area contributed by atoms with Gasteiger partial charge in [0.05, 0.1) is 26.1 Å². The SMILES string of the molecule is C=CCOP(=O)(OCC=C)OCc1coc(C(=O)O)c1. The first-order valence-electron chi connectivity index (χ1n) is 5.57. The summed E-state index contributed by atoms with van der Waals surface area (Å²) in [5.74, 6) is -1.44. The van der Waals surface area contributed by atoms with Crippen LogP contribution in [0.5, 0.6) is 0 Å². The van der Waals surface area contributed by atoms with Gasteiger partial charge in [-0.25, -0.2) is 9.36 Å². The normalized spacial score (nSPS) is 11.2. The third kappa shape index (κ3) is 5.14. The maximum absolute atomic E-state index is 12.1. The van der Waals surface area contributed by atoms with Crippen LogP contribution in [0, 0.1) is 0 Å². The van der Waals surface area contributed by atoms with E-state index in [0.29, 0.717) is 5.56 Å². The summed E-state index contributed by atoms with van der Waals surface area (Å²) in [6.07, 6.45) is 3.98. The molecule has 0 saturated carbocycles. The lowest BCUT2D eigenvalue weighted by atomic mass is 10.3. The molecule has 1 rings (SSSR count). The van der Waals surface area contributed by atoms with E-state index in [-0.39, 0.29) is 25.6 Å². The molecular weight excluding hydrogens is 287 g/mol. The van der Waals surface area contributed by atoms with E-state index < -0.39 is 13.8 Å². The van der Waals surface area contributed by atoms with Crippen LogP contribution in [0.4, 0.5) is 0 Å². The molecule has 7 nitrogen and oxygen atoms in total. The Morgan fingerprint density at radius 1 is 1.30 bits per heavy atom. The highest BCUT2D eigenvalue weighted by atomic mass is 31.2. The van der Waals surface area contributed by atoms with Crippen LogP contribution in [0.15, 0.2) is 42.1 Å². The van der Waals surface area contributed by atoms with Gasteiger partial charge in [-0.2, -0.15) is 0 Å². The predicted octanol–water partition coefficient (Wildman–Crippen LogP) is 3.01. The second-order valence-corrected chi connectivity index (χ2v) is 5.18. The van der Waals surface area contributed by atoms with Crippen molar-refractivity contribution >= 4 is 13.8 Å². The molecule has 0 radical (unpaired) electrons. The molecule has 0 aliphatic heterocycles. The Morgan fingerprint density at radius 3 is 2.35 bits per heavy atom. The number of carbonyl (C=O) groups is 1. The standard InChI is InChI=1S/C12H15O7P/c1-3-5-17-20(15,18-6-4-2)19-9-10-7-11(12(13)14)16-8-10/h3-4,7-8H,1-2,5-6,9H2,(H,13,14). The highest BCUT2D eigenvalue weighted by molar-refractivity contribution is 7.48. The Balaban J connectivity index is 2.64. The number of aromatic carboxylic acids is 1. The van der Waals surface area contributed by atoms with Gasteiger partial charge < -0.3 is 9.52 Å². The Bertz CT molecular complexity index is 504. The quantitative estimate of drug-likeness (QED) is 0.524. The summed E-state index contributed by atoms with van der Waals surface area (Å²) >= 11 is 0. The van der Waals surface area contributed by atoms with Crippen LogP contribution in [0.1, 0.15) is 16.1 Å². The molecule has 1 aromatic rings. The van der Waals surface area contributed by atoms with Crippen LogP contribution in [-0.4, -0.2) is 24.3 Å². The van der Waals surface area contributed by atoms with Crippen molar-refractivity contribution in [3.8, 4) is 0 Å². The number of phosphoric acid groups is 1. The molecule has 0 unspecified atom stereocenters. The van der Waals surface area contributed by atoms with E-state index in [1.54, 1.807) is 0 Å². The molecular formula is C12H15O7P. The largest absolute Gasteiger partial charge is 0.475 e. The fourth-order valence-corrected chi connectivity index (χ4v) is 2.22. The molecule has 1 N–H and O–H groups in total. The van der Waals surface area contributed by atoms with E-state index >= 15 is 0 Å². The van der Waals surface area contributed by atoms with E-state index in [1.807, 2.05) is 0 Å². The van der Waals surface area contributed by atoms with Gasteiger partial charge in [0.15, 0.2) is 0 Å². The van der Waals surface area contributed by atoms with Crippen molar-refractivity contribution in [2.75, 3.05) is 13.2 Å². The van der Waals surface area contributed by atoms with Crippen molar-refractivity contribution in [1.29, 1.82) is 0 Å². The van der Waals surface area contributed by atoms with Crippen LogP contribution in [0.25, 0.3) is 0 Å². The Hall–Kier alpha value is -1.66. The van der Waals surface area contributed by atoms with Gasteiger partial charge in [0.25, 0.3) is 0 Å². The monoisotopic (exact) mass is 302 g/mol. The molecule has 0 spiro atoms. The maximum Gasteiger partial charge on any atom is 0.475 e. The Labute approximate surface area is 116 Å². The van der Waals surface area contributed by atoms with Crippen LogP contribution >= 0.6 is 7.82 Å². The number of furan rings is 1. The smallest absolute Gasteiger partial charge is 0.475 e. The van der Waals surface area contributed by atoms with Crippen molar-refractivity contribution in [2.45, 2.75) is 6.61 Å². The third-order valence-corrected chi connectivity index (χ3v) is 3.33.